The molecule has 3 rings (SSSR count). The lowest BCUT2D eigenvalue weighted by Gasteiger charge is -2.08. The summed E-state index contributed by atoms with van der Waals surface area (Å²) in [6, 6.07) is 13.1. The van der Waals surface area contributed by atoms with E-state index in [9.17, 15) is 4.39 Å². The van der Waals surface area contributed by atoms with Crippen molar-refractivity contribution in [2.75, 3.05) is 5.32 Å². The highest BCUT2D eigenvalue weighted by Gasteiger charge is 2.03. The second-order valence-electron chi connectivity index (χ2n) is 4.34. The first-order chi connectivity index (χ1) is 9.24. The first kappa shape index (κ1) is 12.2. The molecule has 0 aliphatic rings. The minimum atomic E-state index is -0.252. The lowest BCUT2D eigenvalue weighted by molar-refractivity contribution is 0.621. The van der Waals surface area contributed by atoms with Crippen LogP contribution in [0.2, 0.25) is 0 Å². The molecule has 0 radical (unpaired) electrons. The Morgan fingerprint density at radius 1 is 1.16 bits per heavy atom. The number of nitrogens with one attached hydrogen (secondary N) is 2. The first-order valence-corrected chi connectivity index (χ1v) is 6.77. The van der Waals surface area contributed by atoms with E-state index in [0.29, 0.717) is 11.0 Å². The van der Waals surface area contributed by atoms with Gasteiger partial charge in [0, 0.05) is 29.3 Å². The molecule has 2 N–H and O–H groups in total. The van der Waals surface area contributed by atoms with Crippen LogP contribution >= 0.6 is 15.9 Å². The molecule has 1 heterocycles. The quantitative estimate of drug-likeness (QED) is 0.721. The number of rotatable bonds is 3. The Bertz CT molecular complexity index is 721. The van der Waals surface area contributed by atoms with Crippen LogP contribution in [-0.2, 0) is 6.54 Å². The van der Waals surface area contributed by atoms with Gasteiger partial charge in [-0.25, -0.2) is 4.39 Å². The SMILES string of the molecule is Fc1ccc(NCc2cccc3[nH]ccc23)cc1Br. The van der Waals surface area contributed by atoms with Crippen LogP contribution in [0.25, 0.3) is 10.9 Å². The van der Waals surface area contributed by atoms with Crippen molar-refractivity contribution < 1.29 is 4.39 Å². The van der Waals surface area contributed by atoms with Gasteiger partial charge in [-0.2, -0.15) is 0 Å². The lowest BCUT2D eigenvalue weighted by Crippen LogP contribution is -2.00. The summed E-state index contributed by atoms with van der Waals surface area (Å²) < 4.78 is 13.6. The molecule has 2 nitrogen and oxygen atoms in total. The van der Waals surface area contributed by atoms with Crippen LogP contribution in [0.5, 0.6) is 0 Å². The van der Waals surface area contributed by atoms with Crippen molar-refractivity contribution in [2.45, 2.75) is 6.54 Å². The van der Waals surface area contributed by atoms with Crippen molar-refractivity contribution in [2.24, 2.45) is 0 Å². The van der Waals surface area contributed by atoms with Crippen molar-refractivity contribution >= 4 is 32.5 Å². The Hall–Kier alpha value is -1.81. The molecule has 0 saturated carbocycles. The van der Waals surface area contributed by atoms with E-state index in [1.165, 1.54) is 17.0 Å². The van der Waals surface area contributed by atoms with E-state index in [1.807, 2.05) is 18.3 Å². The molecule has 0 unspecified atom stereocenters. The molecule has 0 fully saturated rings. The third-order valence-electron chi connectivity index (χ3n) is 3.09. The molecule has 4 heteroatoms. The van der Waals surface area contributed by atoms with Gasteiger partial charge < -0.3 is 10.3 Å². The molecule has 0 amide bonds. The van der Waals surface area contributed by atoms with Gasteiger partial charge in [0.2, 0.25) is 0 Å². The Morgan fingerprint density at radius 3 is 2.89 bits per heavy atom. The van der Waals surface area contributed by atoms with Crippen molar-refractivity contribution in [3.05, 3.63) is 64.5 Å². The zero-order valence-corrected chi connectivity index (χ0v) is 11.7. The zero-order chi connectivity index (χ0) is 13.2. The lowest BCUT2D eigenvalue weighted by atomic mass is 10.1. The van der Waals surface area contributed by atoms with Crippen LogP contribution in [0.1, 0.15) is 5.56 Å². The molecule has 0 atom stereocenters. The topological polar surface area (TPSA) is 27.8 Å². The van der Waals surface area contributed by atoms with Crippen LogP contribution in [0.3, 0.4) is 0 Å². The summed E-state index contributed by atoms with van der Waals surface area (Å²) in [4.78, 5) is 3.19. The second kappa shape index (κ2) is 5.05. The van der Waals surface area contributed by atoms with Crippen LogP contribution in [0, 0.1) is 5.82 Å². The van der Waals surface area contributed by atoms with Gasteiger partial charge in [-0.1, -0.05) is 12.1 Å². The predicted molar refractivity (Wildman–Crippen MR) is 79.7 cm³/mol. The third-order valence-corrected chi connectivity index (χ3v) is 3.70. The zero-order valence-electron chi connectivity index (χ0n) is 10.1. The molecular formula is C15H12BrFN2. The Balaban J connectivity index is 1.82. The monoisotopic (exact) mass is 318 g/mol. The Kier molecular flexibility index (Phi) is 3.25. The maximum absolute atomic E-state index is 13.1. The molecule has 0 bridgehead atoms. The van der Waals surface area contributed by atoms with E-state index in [2.05, 4.69) is 38.4 Å². The van der Waals surface area contributed by atoms with Crippen LogP contribution < -0.4 is 5.32 Å². The number of fused-ring (bicyclic) bond motifs is 1. The number of benzene rings is 2. The normalized spacial score (nSPS) is 10.8. The molecule has 19 heavy (non-hydrogen) atoms. The minimum Gasteiger partial charge on any atom is -0.381 e. The summed E-state index contributed by atoms with van der Waals surface area (Å²) in [7, 11) is 0. The fourth-order valence-corrected chi connectivity index (χ4v) is 2.49. The highest BCUT2D eigenvalue weighted by atomic mass is 79.9. The molecule has 3 aromatic rings. The number of halogens is 2. The molecule has 1 aromatic heterocycles. The smallest absolute Gasteiger partial charge is 0.137 e. The summed E-state index contributed by atoms with van der Waals surface area (Å²) in [5, 5.41) is 4.51. The number of aromatic amines is 1. The van der Waals surface area contributed by atoms with Gasteiger partial charge in [-0.15, -0.1) is 0 Å². The van der Waals surface area contributed by atoms with Crippen molar-refractivity contribution in [1.29, 1.82) is 0 Å². The summed E-state index contributed by atoms with van der Waals surface area (Å²) in [5.74, 6) is -0.252. The van der Waals surface area contributed by atoms with Gasteiger partial charge in [0.15, 0.2) is 0 Å². The number of aromatic nitrogens is 1. The number of H-pyrrole nitrogens is 1. The number of hydrogen-bond acceptors (Lipinski definition) is 1. The summed E-state index contributed by atoms with van der Waals surface area (Å²) >= 11 is 3.19. The highest BCUT2D eigenvalue weighted by Crippen LogP contribution is 2.22. The van der Waals surface area contributed by atoms with E-state index >= 15 is 0 Å². The van der Waals surface area contributed by atoms with Gasteiger partial charge in [-0.05, 0) is 51.8 Å². The molecule has 0 spiro atoms. The van der Waals surface area contributed by atoms with Gasteiger partial charge >= 0.3 is 0 Å². The molecule has 96 valence electrons. The average Bonchev–Trinajstić information content (AvgIpc) is 2.89. The minimum absolute atomic E-state index is 0.252. The van der Waals surface area contributed by atoms with Crippen LogP contribution in [0.15, 0.2) is 53.1 Å². The van der Waals surface area contributed by atoms with Crippen molar-refractivity contribution in [1.82, 2.24) is 4.98 Å². The van der Waals surface area contributed by atoms with Gasteiger partial charge in [-0.3, -0.25) is 0 Å². The molecular weight excluding hydrogens is 307 g/mol. The number of anilines is 1. The van der Waals surface area contributed by atoms with Crippen molar-refractivity contribution in [3.8, 4) is 0 Å². The van der Waals surface area contributed by atoms with Crippen LogP contribution in [0.4, 0.5) is 10.1 Å². The highest BCUT2D eigenvalue weighted by molar-refractivity contribution is 9.10. The van der Waals surface area contributed by atoms with Crippen molar-refractivity contribution in [3.63, 3.8) is 0 Å². The van der Waals surface area contributed by atoms with E-state index in [-0.39, 0.29) is 5.82 Å². The molecule has 0 aliphatic carbocycles. The fourth-order valence-electron chi connectivity index (χ4n) is 2.11. The van der Waals surface area contributed by atoms with Gasteiger partial charge in [0.05, 0.1) is 4.47 Å². The molecule has 0 saturated heterocycles. The average molecular weight is 319 g/mol. The Labute approximate surface area is 118 Å². The standard InChI is InChI=1S/C15H12BrFN2/c16-13-8-11(4-5-14(13)17)19-9-10-2-1-3-15-12(10)6-7-18-15/h1-8,18-19H,9H2. The predicted octanol–water partition coefficient (Wildman–Crippen LogP) is 4.68. The van der Waals surface area contributed by atoms with Gasteiger partial charge in [0.25, 0.3) is 0 Å². The summed E-state index contributed by atoms with van der Waals surface area (Å²) in [5.41, 5.74) is 3.22. The summed E-state index contributed by atoms with van der Waals surface area (Å²) in [6.07, 6.45) is 1.93. The van der Waals surface area contributed by atoms with Crippen LogP contribution in [-0.4, -0.2) is 4.98 Å². The maximum Gasteiger partial charge on any atom is 0.137 e. The van der Waals surface area contributed by atoms with Gasteiger partial charge in [0.1, 0.15) is 5.82 Å². The van der Waals surface area contributed by atoms with E-state index in [0.717, 1.165) is 11.2 Å². The van der Waals surface area contributed by atoms with E-state index in [1.54, 1.807) is 12.1 Å². The fraction of sp³-hybridized carbons (Fsp3) is 0.0667. The second-order valence-corrected chi connectivity index (χ2v) is 5.19. The molecule has 0 aliphatic heterocycles. The largest absolute Gasteiger partial charge is 0.381 e. The van der Waals surface area contributed by atoms with E-state index < -0.39 is 0 Å². The number of hydrogen-bond donors (Lipinski definition) is 2. The maximum atomic E-state index is 13.1. The Morgan fingerprint density at radius 2 is 2.05 bits per heavy atom. The summed E-state index contributed by atoms with van der Waals surface area (Å²) in [6.45, 7) is 0.702. The molecule has 2 aromatic carbocycles. The van der Waals surface area contributed by atoms with E-state index in [4.69, 9.17) is 0 Å². The first-order valence-electron chi connectivity index (χ1n) is 5.98. The third kappa shape index (κ3) is 2.49.